The molecule has 0 saturated carbocycles. The monoisotopic (exact) mass is 322 g/mol. The Morgan fingerprint density at radius 1 is 1.27 bits per heavy atom. The van der Waals surface area contributed by atoms with Gasteiger partial charge < -0.3 is 15.4 Å². The lowest BCUT2D eigenvalue weighted by Gasteiger charge is -2.05. The Hall–Kier alpha value is -1.89. The molecule has 6 nitrogen and oxygen atoms in total. The van der Waals surface area contributed by atoms with E-state index in [2.05, 4.69) is 20.8 Å². The van der Waals surface area contributed by atoms with E-state index in [1.54, 1.807) is 25.3 Å². The van der Waals surface area contributed by atoms with Gasteiger partial charge in [0, 0.05) is 37.3 Å². The minimum atomic E-state index is -0.179. The van der Waals surface area contributed by atoms with Gasteiger partial charge in [-0.1, -0.05) is 23.7 Å². The number of aromatic nitrogens is 2. The van der Waals surface area contributed by atoms with Crippen LogP contribution in [-0.4, -0.2) is 49.5 Å². The molecule has 1 aromatic heterocycles. The highest BCUT2D eigenvalue weighted by atomic mass is 35.5. The summed E-state index contributed by atoms with van der Waals surface area (Å²) in [6, 6.07) is 9.02. The zero-order chi connectivity index (χ0) is 15.8. The van der Waals surface area contributed by atoms with Gasteiger partial charge in [0.25, 0.3) is 5.91 Å². The molecule has 2 aromatic rings. The topological polar surface area (TPSA) is 79.0 Å². The standard InChI is InChI=1S/C15H19ClN4O2/c1-22-9-8-17-6-7-18-15(21)14-10-13(19-20-14)11-2-4-12(16)5-3-11/h2-5,10,17H,6-9H2,1H3,(H,18,21)(H,19,20). The fraction of sp³-hybridized carbons (Fsp3) is 0.333. The first-order valence-corrected chi connectivity index (χ1v) is 7.37. The van der Waals surface area contributed by atoms with Gasteiger partial charge in [-0.25, -0.2) is 0 Å². The lowest BCUT2D eigenvalue weighted by atomic mass is 10.1. The highest BCUT2D eigenvalue weighted by Crippen LogP contribution is 2.20. The summed E-state index contributed by atoms with van der Waals surface area (Å²) in [6.45, 7) is 2.64. The third-order valence-electron chi connectivity index (χ3n) is 3.03. The van der Waals surface area contributed by atoms with Gasteiger partial charge in [-0.15, -0.1) is 0 Å². The maximum absolute atomic E-state index is 12.0. The number of H-pyrrole nitrogens is 1. The molecule has 3 N–H and O–H groups in total. The summed E-state index contributed by atoms with van der Waals surface area (Å²) >= 11 is 5.85. The summed E-state index contributed by atoms with van der Waals surface area (Å²) in [6.07, 6.45) is 0. The van der Waals surface area contributed by atoms with Crippen molar-refractivity contribution in [1.82, 2.24) is 20.8 Å². The number of halogens is 1. The number of rotatable bonds is 8. The number of amides is 1. The Bertz CT molecular complexity index is 598. The first-order valence-electron chi connectivity index (χ1n) is 7.00. The van der Waals surface area contributed by atoms with Crippen molar-refractivity contribution >= 4 is 17.5 Å². The van der Waals surface area contributed by atoms with Crippen LogP contribution < -0.4 is 10.6 Å². The molecule has 0 bridgehead atoms. The van der Waals surface area contributed by atoms with Crippen molar-refractivity contribution in [1.29, 1.82) is 0 Å². The third-order valence-corrected chi connectivity index (χ3v) is 3.28. The number of nitrogens with zero attached hydrogens (tertiary/aromatic N) is 1. The second kappa shape index (κ2) is 8.53. The van der Waals surface area contributed by atoms with Gasteiger partial charge in [0.2, 0.25) is 0 Å². The van der Waals surface area contributed by atoms with Crippen LogP contribution in [0.1, 0.15) is 10.5 Å². The Morgan fingerprint density at radius 3 is 2.77 bits per heavy atom. The molecule has 118 valence electrons. The lowest BCUT2D eigenvalue weighted by Crippen LogP contribution is -2.33. The van der Waals surface area contributed by atoms with Crippen LogP contribution in [0, 0.1) is 0 Å². The van der Waals surface area contributed by atoms with Gasteiger partial charge in [0.05, 0.1) is 12.3 Å². The zero-order valence-corrected chi connectivity index (χ0v) is 13.1. The Labute approximate surface area is 134 Å². The Morgan fingerprint density at radius 2 is 2.05 bits per heavy atom. The van der Waals surface area contributed by atoms with Crippen LogP contribution in [0.15, 0.2) is 30.3 Å². The molecule has 0 aliphatic rings. The summed E-state index contributed by atoms with van der Waals surface area (Å²) in [5.74, 6) is -0.179. The summed E-state index contributed by atoms with van der Waals surface area (Å²) in [7, 11) is 1.65. The Kier molecular flexibility index (Phi) is 6.39. The van der Waals surface area contributed by atoms with Gasteiger partial charge in [-0.3, -0.25) is 9.89 Å². The van der Waals surface area contributed by atoms with Crippen LogP contribution in [0.2, 0.25) is 5.02 Å². The van der Waals surface area contributed by atoms with Crippen molar-refractivity contribution in [2.45, 2.75) is 0 Å². The molecule has 1 amide bonds. The molecule has 1 aromatic carbocycles. The van der Waals surface area contributed by atoms with Crippen molar-refractivity contribution in [3.8, 4) is 11.3 Å². The molecule has 0 radical (unpaired) electrons. The van der Waals surface area contributed by atoms with E-state index in [1.807, 2.05) is 12.1 Å². The molecule has 0 unspecified atom stereocenters. The van der Waals surface area contributed by atoms with Crippen molar-refractivity contribution in [3.05, 3.63) is 41.0 Å². The molecule has 0 aliphatic heterocycles. The number of ether oxygens (including phenoxy) is 1. The number of aromatic amines is 1. The van der Waals surface area contributed by atoms with E-state index in [9.17, 15) is 4.79 Å². The smallest absolute Gasteiger partial charge is 0.269 e. The normalized spacial score (nSPS) is 10.6. The van der Waals surface area contributed by atoms with E-state index in [0.29, 0.717) is 36.1 Å². The largest absolute Gasteiger partial charge is 0.383 e. The minimum Gasteiger partial charge on any atom is -0.383 e. The summed E-state index contributed by atoms with van der Waals surface area (Å²) < 4.78 is 4.92. The number of carbonyl (C=O) groups excluding carboxylic acids is 1. The highest BCUT2D eigenvalue weighted by molar-refractivity contribution is 6.30. The third kappa shape index (κ3) is 4.84. The predicted molar refractivity (Wildman–Crippen MR) is 86.1 cm³/mol. The second-order valence-electron chi connectivity index (χ2n) is 4.67. The van der Waals surface area contributed by atoms with Crippen LogP contribution in [0.5, 0.6) is 0 Å². The molecule has 0 aliphatic carbocycles. The summed E-state index contributed by atoms with van der Waals surface area (Å²) in [5.41, 5.74) is 2.04. The van der Waals surface area contributed by atoms with Gasteiger partial charge >= 0.3 is 0 Å². The van der Waals surface area contributed by atoms with Crippen molar-refractivity contribution in [3.63, 3.8) is 0 Å². The lowest BCUT2D eigenvalue weighted by molar-refractivity contribution is 0.0948. The maximum atomic E-state index is 12.0. The number of nitrogens with one attached hydrogen (secondary N) is 3. The van der Waals surface area contributed by atoms with Crippen molar-refractivity contribution in [2.75, 3.05) is 33.4 Å². The van der Waals surface area contributed by atoms with Crippen molar-refractivity contribution < 1.29 is 9.53 Å². The summed E-state index contributed by atoms with van der Waals surface area (Å²) in [5, 5.41) is 13.5. The first kappa shape index (κ1) is 16.5. The van der Waals surface area contributed by atoms with E-state index in [1.165, 1.54) is 0 Å². The molecule has 2 rings (SSSR count). The van der Waals surface area contributed by atoms with Crippen LogP contribution in [0.3, 0.4) is 0 Å². The zero-order valence-electron chi connectivity index (χ0n) is 12.4. The van der Waals surface area contributed by atoms with Gasteiger partial charge in [0.15, 0.2) is 0 Å². The van der Waals surface area contributed by atoms with Gasteiger partial charge in [0.1, 0.15) is 5.69 Å². The molecule has 0 atom stereocenters. The molecule has 7 heteroatoms. The molecular weight excluding hydrogens is 304 g/mol. The molecule has 1 heterocycles. The second-order valence-corrected chi connectivity index (χ2v) is 5.11. The van der Waals surface area contributed by atoms with E-state index in [4.69, 9.17) is 16.3 Å². The fourth-order valence-electron chi connectivity index (χ4n) is 1.87. The van der Waals surface area contributed by atoms with E-state index in [-0.39, 0.29) is 5.91 Å². The number of methoxy groups -OCH3 is 1. The van der Waals surface area contributed by atoms with Gasteiger partial charge in [-0.2, -0.15) is 5.10 Å². The molecule has 0 fully saturated rings. The van der Waals surface area contributed by atoms with Crippen molar-refractivity contribution in [2.24, 2.45) is 0 Å². The first-order chi connectivity index (χ1) is 10.7. The Balaban J connectivity index is 1.83. The van der Waals surface area contributed by atoms with Gasteiger partial charge in [-0.05, 0) is 18.2 Å². The molecule has 0 spiro atoms. The molecular formula is C15H19ClN4O2. The predicted octanol–water partition coefficient (Wildman–Crippen LogP) is 1.70. The van der Waals surface area contributed by atoms with Crippen LogP contribution in [-0.2, 0) is 4.74 Å². The van der Waals surface area contributed by atoms with Crippen LogP contribution in [0.4, 0.5) is 0 Å². The SMILES string of the molecule is COCCNCCNC(=O)c1cc(-c2ccc(Cl)cc2)n[nH]1. The van der Waals surface area contributed by atoms with Crippen LogP contribution in [0.25, 0.3) is 11.3 Å². The number of carbonyl (C=O) groups is 1. The average Bonchev–Trinajstić information content (AvgIpc) is 3.01. The number of benzene rings is 1. The fourth-order valence-corrected chi connectivity index (χ4v) is 1.99. The maximum Gasteiger partial charge on any atom is 0.269 e. The molecule has 22 heavy (non-hydrogen) atoms. The van der Waals surface area contributed by atoms with E-state index >= 15 is 0 Å². The quantitative estimate of drug-likeness (QED) is 0.646. The van der Waals surface area contributed by atoms with Crippen LogP contribution >= 0.6 is 11.6 Å². The number of hydrogen-bond acceptors (Lipinski definition) is 4. The highest BCUT2D eigenvalue weighted by Gasteiger charge is 2.10. The van der Waals surface area contributed by atoms with E-state index < -0.39 is 0 Å². The molecule has 0 saturated heterocycles. The van der Waals surface area contributed by atoms with E-state index in [0.717, 1.165) is 12.1 Å². The minimum absolute atomic E-state index is 0.179. The summed E-state index contributed by atoms with van der Waals surface area (Å²) in [4.78, 5) is 12.0. The average molecular weight is 323 g/mol. The number of hydrogen-bond donors (Lipinski definition) is 3.